The first kappa shape index (κ1) is 22.3. The molecule has 0 aliphatic heterocycles. The number of hydrogen-bond acceptors (Lipinski definition) is 2. The highest BCUT2D eigenvalue weighted by molar-refractivity contribution is 6.12. The summed E-state index contributed by atoms with van der Waals surface area (Å²) >= 11 is 0. The molecule has 0 aliphatic carbocycles. The van der Waals surface area contributed by atoms with E-state index >= 15 is 0 Å². The van der Waals surface area contributed by atoms with Crippen LogP contribution in [0.25, 0.3) is 33.7 Å². The lowest BCUT2D eigenvalue weighted by atomic mass is 9.92. The van der Waals surface area contributed by atoms with Crippen LogP contribution in [0.15, 0.2) is 133 Å². The second kappa shape index (κ2) is 9.85. The fraction of sp³-hybridized carbons (Fsp3) is 0. The van der Waals surface area contributed by atoms with E-state index in [1.54, 1.807) is 0 Å². The average molecular weight is 473 g/mol. The van der Waals surface area contributed by atoms with Crippen LogP contribution in [0, 0.1) is 11.3 Å². The van der Waals surface area contributed by atoms with Gasteiger partial charge < -0.3 is 4.90 Å². The first-order valence-electron chi connectivity index (χ1n) is 12.4. The predicted molar refractivity (Wildman–Crippen MR) is 156 cm³/mol. The number of hydrogen-bond donors (Lipinski definition) is 0. The first-order valence-corrected chi connectivity index (χ1v) is 12.4. The third-order valence-electron chi connectivity index (χ3n) is 6.71. The number of benzene rings is 6. The van der Waals surface area contributed by atoms with Crippen molar-refractivity contribution in [1.82, 2.24) is 0 Å². The molecule has 0 unspecified atom stereocenters. The zero-order chi connectivity index (χ0) is 25.0. The minimum atomic E-state index is 0.731. The largest absolute Gasteiger partial charge is 0.311 e. The van der Waals surface area contributed by atoms with Gasteiger partial charge in [-0.2, -0.15) is 5.26 Å². The molecular formula is C35H24N2. The highest BCUT2D eigenvalue weighted by Gasteiger charge is 2.13. The Bertz CT molecular complexity index is 1660. The van der Waals surface area contributed by atoms with Crippen LogP contribution in [-0.2, 0) is 0 Å². The van der Waals surface area contributed by atoms with Gasteiger partial charge in [-0.15, -0.1) is 0 Å². The van der Waals surface area contributed by atoms with E-state index in [4.69, 9.17) is 0 Å². The van der Waals surface area contributed by atoms with Gasteiger partial charge in [-0.1, -0.05) is 109 Å². The van der Waals surface area contributed by atoms with Gasteiger partial charge in [-0.3, -0.25) is 0 Å². The number of rotatable bonds is 5. The highest BCUT2D eigenvalue weighted by atomic mass is 15.1. The Morgan fingerprint density at radius 2 is 0.892 bits per heavy atom. The van der Waals surface area contributed by atoms with Crippen LogP contribution in [0.2, 0.25) is 0 Å². The van der Waals surface area contributed by atoms with Gasteiger partial charge in [0.15, 0.2) is 0 Å². The second-order valence-electron chi connectivity index (χ2n) is 8.92. The molecule has 0 radical (unpaired) electrons. The Kier molecular flexibility index (Phi) is 5.95. The van der Waals surface area contributed by atoms with E-state index in [1.165, 1.54) is 0 Å². The second-order valence-corrected chi connectivity index (χ2v) is 8.92. The normalized spacial score (nSPS) is 11.1. The van der Waals surface area contributed by atoms with Crippen molar-refractivity contribution in [1.29, 1.82) is 5.26 Å². The Balaban J connectivity index is 1.41. The van der Waals surface area contributed by atoms with E-state index in [1.807, 2.05) is 48.5 Å². The molecule has 0 saturated carbocycles. The molecule has 0 heterocycles. The maximum atomic E-state index is 9.90. The maximum Gasteiger partial charge on any atom is 0.100 e. The number of anilines is 3. The number of fused-ring (bicyclic) bond motifs is 2. The fourth-order valence-electron chi connectivity index (χ4n) is 4.98. The summed E-state index contributed by atoms with van der Waals surface area (Å²) in [7, 11) is 0. The third-order valence-corrected chi connectivity index (χ3v) is 6.71. The number of nitriles is 1. The van der Waals surface area contributed by atoms with Gasteiger partial charge in [0.25, 0.3) is 0 Å². The number of nitrogens with zero attached hydrogens (tertiary/aromatic N) is 2. The van der Waals surface area contributed by atoms with Crippen molar-refractivity contribution in [2.45, 2.75) is 0 Å². The van der Waals surface area contributed by atoms with Crippen molar-refractivity contribution < 1.29 is 0 Å². The highest BCUT2D eigenvalue weighted by Crippen LogP contribution is 2.36. The molecule has 0 fully saturated rings. The summed E-state index contributed by atoms with van der Waals surface area (Å²) in [6, 6.07) is 48.2. The van der Waals surface area contributed by atoms with Gasteiger partial charge in [0.2, 0.25) is 0 Å². The molecular weight excluding hydrogens is 448 g/mol. The molecule has 0 N–H and O–H groups in total. The van der Waals surface area contributed by atoms with Crippen molar-refractivity contribution in [2.24, 2.45) is 0 Å². The molecule has 0 bridgehead atoms. The Labute approximate surface area is 217 Å². The lowest BCUT2D eigenvalue weighted by molar-refractivity contribution is 1.28. The van der Waals surface area contributed by atoms with Crippen molar-refractivity contribution in [2.75, 3.05) is 4.90 Å². The van der Waals surface area contributed by atoms with Gasteiger partial charge in [0.05, 0.1) is 5.56 Å². The van der Waals surface area contributed by atoms with E-state index in [2.05, 4.69) is 108 Å². The molecule has 6 rings (SSSR count). The SMILES string of the molecule is N#Cc1c2ccccc2c(/C=C\c2ccc(N(c3ccccc3)c3ccccc3)cc2)c2ccccc12. The minimum absolute atomic E-state index is 0.731. The summed E-state index contributed by atoms with van der Waals surface area (Å²) in [4.78, 5) is 2.26. The third kappa shape index (κ3) is 4.24. The average Bonchev–Trinajstić information content (AvgIpc) is 2.97. The smallest absolute Gasteiger partial charge is 0.100 e. The van der Waals surface area contributed by atoms with E-state index in [-0.39, 0.29) is 0 Å². The molecule has 37 heavy (non-hydrogen) atoms. The molecule has 0 atom stereocenters. The zero-order valence-corrected chi connectivity index (χ0v) is 20.3. The first-order chi connectivity index (χ1) is 18.3. The lowest BCUT2D eigenvalue weighted by Crippen LogP contribution is -2.09. The molecule has 174 valence electrons. The lowest BCUT2D eigenvalue weighted by Gasteiger charge is -2.25. The van der Waals surface area contributed by atoms with Crippen molar-refractivity contribution in [3.8, 4) is 6.07 Å². The quantitative estimate of drug-likeness (QED) is 0.184. The van der Waals surface area contributed by atoms with Crippen molar-refractivity contribution in [3.05, 3.63) is 150 Å². The van der Waals surface area contributed by atoms with Crippen LogP contribution >= 0.6 is 0 Å². The standard InChI is InChI=1S/C35H24N2/c36-25-35-32-17-9-7-15-30(32)34(31-16-8-10-18-33(31)35)24-21-26-19-22-29(23-20-26)37(27-11-3-1-4-12-27)28-13-5-2-6-14-28/h1-24H/b24-21-. The monoisotopic (exact) mass is 472 g/mol. The summed E-state index contributed by atoms with van der Waals surface area (Å²) in [5.74, 6) is 0. The molecule has 6 aromatic carbocycles. The Hall–Kier alpha value is -5.13. The molecule has 0 amide bonds. The van der Waals surface area contributed by atoms with Crippen LogP contribution in [0.4, 0.5) is 17.1 Å². The summed E-state index contributed by atoms with van der Waals surface area (Å²) in [6.45, 7) is 0. The van der Waals surface area contributed by atoms with Gasteiger partial charge in [-0.25, -0.2) is 0 Å². The molecule has 0 saturated heterocycles. The van der Waals surface area contributed by atoms with E-state index < -0.39 is 0 Å². The summed E-state index contributed by atoms with van der Waals surface area (Å²) in [6.07, 6.45) is 4.33. The van der Waals surface area contributed by atoms with Crippen molar-refractivity contribution in [3.63, 3.8) is 0 Å². The Morgan fingerprint density at radius 1 is 0.459 bits per heavy atom. The van der Waals surface area contributed by atoms with Crippen LogP contribution in [0.5, 0.6) is 0 Å². The summed E-state index contributed by atoms with van der Waals surface area (Å²) in [5.41, 5.74) is 6.31. The van der Waals surface area contributed by atoms with E-state index in [0.717, 1.165) is 55.3 Å². The fourth-order valence-corrected chi connectivity index (χ4v) is 4.98. The van der Waals surface area contributed by atoms with Gasteiger partial charge in [0, 0.05) is 27.8 Å². The molecule has 0 spiro atoms. The van der Waals surface area contributed by atoms with Crippen LogP contribution in [0.1, 0.15) is 16.7 Å². The van der Waals surface area contributed by atoms with E-state index in [0.29, 0.717) is 0 Å². The molecule has 0 aliphatic rings. The minimum Gasteiger partial charge on any atom is -0.311 e. The summed E-state index contributed by atoms with van der Waals surface area (Å²) < 4.78 is 0. The topological polar surface area (TPSA) is 27.0 Å². The van der Waals surface area contributed by atoms with Crippen LogP contribution < -0.4 is 4.90 Å². The summed E-state index contributed by atoms with van der Waals surface area (Å²) in [5, 5.41) is 14.0. The molecule has 6 aromatic rings. The van der Waals surface area contributed by atoms with Crippen LogP contribution in [-0.4, -0.2) is 0 Å². The van der Waals surface area contributed by atoms with E-state index in [9.17, 15) is 5.26 Å². The zero-order valence-electron chi connectivity index (χ0n) is 20.3. The number of para-hydroxylation sites is 2. The predicted octanol–water partition coefficient (Wildman–Crippen LogP) is 9.50. The van der Waals surface area contributed by atoms with Crippen LogP contribution in [0.3, 0.4) is 0 Å². The van der Waals surface area contributed by atoms with Gasteiger partial charge in [0.1, 0.15) is 6.07 Å². The Morgan fingerprint density at radius 3 is 1.38 bits per heavy atom. The molecule has 2 heteroatoms. The maximum absolute atomic E-state index is 9.90. The molecule has 0 aromatic heterocycles. The van der Waals surface area contributed by atoms with Crippen molar-refractivity contribution >= 4 is 50.8 Å². The van der Waals surface area contributed by atoms with Gasteiger partial charge >= 0.3 is 0 Å². The van der Waals surface area contributed by atoms with Gasteiger partial charge in [-0.05, 0) is 58.3 Å². The molecule has 2 nitrogen and oxygen atoms in total.